The van der Waals surface area contributed by atoms with Crippen LogP contribution in [0.15, 0.2) is 29.3 Å². The van der Waals surface area contributed by atoms with Gasteiger partial charge < -0.3 is 15.1 Å². The van der Waals surface area contributed by atoms with E-state index in [9.17, 15) is 4.79 Å². The maximum Gasteiger partial charge on any atom is 0.253 e. The molecule has 1 saturated carbocycles. The van der Waals surface area contributed by atoms with Crippen LogP contribution in [0.1, 0.15) is 61.9 Å². The van der Waals surface area contributed by atoms with Gasteiger partial charge in [-0.3, -0.25) is 9.79 Å². The molecule has 1 aliphatic heterocycles. The molecule has 0 radical (unpaired) electrons. The SMILES string of the molecule is CCN(CC)C(=O)c1ccc(CNC(=NC)N2CCSC3(CCCCC3)C2)cc1.I. The van der Waals surface area contributed by atoms with Crippen molar-refractivity contribution in [3.8, 4) is 0 Å². The Morgan fingerprint density at radius 1 is 1.17 bits per heavy atom. The predicted octanol–water partition coefficient (Wildman–Crippen LogP) is 4.61. The van der Waals surface area contributed by atoms with E-state index in [1.807, 2.05) is 50.1 Å². The summed E-state index contributed by atoms with van der Waals surface area (Å²) >= 11 is 2.18. The molecule has 3 rings (SSSR count). The summed E-state index contributed by atoms with van der Waals surface area (Å²) in [5, 5.41) is 3.54. The van der Waals surface area contributed by atoms with Gasteiger partial charge in [0.1, 0.15) is 0 Å². The Balaban J connectivity index is 0.00000320. The third kappa shape index (κ3) is 6.28. The van der Waals surface area contributed by atoms with Gasteiger partial charge in [0.05, 0.1) is 0 Å². The lowest BCUT2D eigenvalue weighted by Crippen LogP contribution is -2.53. The number of hydrogen-bond donors (Lipinski definition) is 1. The normalized spacial score (nSPS) is 18.6. The molecule has 1 heterocycles. The first-order chi connectivity index (χ1) is 14.1. The Labute approximate surface area is 203 Å². The van der Waals surface area contributed by atoms with E-state index < -0.39 is 0 Å². The molecule has 0 unspecified atom stereocenters. The third-order valence-electron chi connectivity index (χ3n) is 6.23. The molecular formula is C23H37IN4OS. The van der Waals surface area contributed by atoms with Crippen LogP contribution in [0.2, 0.25) is 0 Å². The zero-order chi connectivity index (χ0) is 20.7. The monoisotopic (exact) mass is 544 g/mol. The van der Waals surface area contributed by atoms with Gasteiger partial charge in [0.25, 0.3) is 5.91 Å². The van der Waals surface area contributed by atoms with Gasteiger partial charge in [-0.1, -0.05) is 31.4 Å². The number of halogens is 1. The predicted molar refractivity (Wildman–Crippen MR) is 139 cm³/mol. The molecule has 168 valence electrons. The van der Waals surface area contributed by atoms with E-state index in [2.05, 4.69) is 27.0 Å². The maximum absolute atomic E-state index is 12.5. The van der Waals surface area contributed by atoms with Crippen LogP contribution < -0.4 is 5.32 Å². The Kier molecular flexibility index (Phi) is 10.3. The molecule has 5 nitrogen and oxygen atoms in total. The van der Waals surface area contributed by atoms with Crippen LogP contribution in [0, 0.1) is 0 Å². The summed E-state index contributed by atoms with van der Waals surface area (Å²) in [6.07, 6.45) is 6.80. The molecule has 1 aromatic rings. The number of benzene rings is 1. The number of rotatable bonds is 5. The summed E-state index contributed by atoms with van der Waals surface area (Å²) in [4.78, 5) is 21.3. The number of nitrogens with one attached hydrogen (secondary N) is 1. The van der Waals surface area contributed by atoms with Gasteiger partial charge in [0, 0.05) is 55.8 Å². The smallest absolute Gasteiger partial charge is 0.253 e. The molecule has 7 heteroatoms. The lowest BCUT2D eigenvalue weighted by Gasteiger charge is -2.45. The summed E-state index contributed by atoms with van der Waals surface area (Å²) in [6.45, 7) is 8.40. The molecule has 1 aromatic carbocycles. The molecular weight excluding hydrogens is 507 g/mol. The van der Waals surface area contributed by atoms with Crippen LogP contribution in [-0.4, -0.2) is 65.4 Å². The van der Waals surface area contributed by atoms with Gasteiger partial charge >= 0.3 is 0 Å². The molecule has 1 saturated heterocycles. The second kappa shape index (κ2) is 12.2. The van der Waals surface area contributed by atoms with Crippen LogP contribution in [0.5, 0.6) is 0 Å². The number of carbonyl (C=O) groups is 1. The fourth-order valence-corrected chi connectivity index (χ4v) is 6.07. The molecule has 0 aromatic heterocycles. The van der Waals surface area contributed by atoms with Gasteiger partial charge in [-0.05, 0) is 44.4 Å². The summed E-state index contributed by atoms with van der Waals surface area (Å²) < 4.78 is 0.431. The van der Waals surface area contributed by atoms with E-state index >= 15 is 0 Å². The van der Waals surface area contributed by atoms with Gasteiger partial charge in [-0.25, -0.2) is 0 Å². The molecule has 1 amide bonds. The average molecular weight is 545 g/mol. The van der Waals surface area contributed by atoms with Gasteiger partial charge in [-0.15, -0.1) is 24.0 Å². The van der Waals surface area contributed by atoms with E-state index in [4.69, 9.17) is 0 Å². The number of thioether (sulfide) groups is 1. The Hall–Kier alpha value is -0.960. The van der Waals surface area contributed by atoms with Crippen LogP contribution >= 0.6 is 35.7 Å². The number of carbonyl (C=O) groups excluding carboxylic acids is 1. The van der Waals surface area contributed by atoms with Gasteiger partial charge in [0.15, 0.2) is 5.96 Å². The quantitative estimate of drug-likeness (QED) is 0.334. The topological polar surface area (TPSA) is 47.9 Å². The lowest BCUT2D eigenvalue weighted by atomic mass is 9.87. The van der Waals surface area contributed by atoms with Crippen molar-refractivity contribution < 1.29 is 4.79 Å². The second-order valence-electron chi connectivity index (χ2n) is 8.09. The van der Waals surface area contributed by atoms with Crippen molar-refractivity contribution in [2.24, 2.45) is 4.99 Å². The van der Waals surface area contributed by atoms with Crippen molar-refractivity contribution in [1.82, 2.24) is 15.1 Å². The maximum atomic E-state index is 12.5. The molecule has 2 aliphatic rings. The zero-order valence-electron chi connectivity index (χ0n) is 18.7. The first kappa shape index (κ1) is 25.3. The molecule has 1 spiro atoms. The Morgan fingerprint density at radius 2 is 1.83 bits per heavy atom. The highest BCUT2D eigenvalue weighted by molar-refractivity contribution is 14.0. The largest absolute Gasteiger partial charge is 0.352 e. The van der Waals surface area contributed by atoms with Gasteiger partial charge in [0.2, 0.25) is 0 Å². The second-order valence-corrected chi connectivity index (χ2v) is 9.65. The molecule has 1 aliphatic carbocycles. The van der Waals surface area contributed by atoms with Crippen LogP contribution in [-0.2, 0) is 6.54 Å². The highest BCUT2D eigenvalue weighted by atomic mass is 127. The van der Waals surface area contributed by atoms with E-state index in [0.29, 0.717) is 4.75 Å². The molecule has 0 bridgehead atoms. The van der Waals surface area contributed by atoms with E-state index in [0.717, 1.165) is 44.2 Å². The highest BCUT2D eigenvalue weighted by Crippen LogP contribution is 2.42. The minimum Gasteiger partial charge on any atom is -0.352 e. The van der Waals surface area contributed by atoms with E-state index in [-0.39, 0.29) is 29.9 Å². The number of guanidine groups is 1. The number of amides is 1. The summed E-state index contributed by atoms with van der Waals surface area (Å²) in [7, 11) is 1.88. The van der Waals surface area contributed by atoms with Crippen molar-refractivity contribution in [3.63, 3.8) is 0 Å². The van der Waals surface area contributed by atoms with E-state index in [1.54, 1.807) is 0 Å². The Morgan fingerprint density at radius 3 is 2.43 bits per heavy atom. The fraction of sp³-hybridized carbons (Fsp3) is 0.652. The van der Waals surface area contributed by atoms with Gasteiger partial charge in [-0.2, -0.15) is 11.8 Å². The number of aliphatic imine (C=N–C) groups is 1. The number of nitrogens with zero attached hydrogens (tertiary/aromatic N) is 3. The average Bonchev–Trinajstić information content (AvgIpc) is 2.76. The summed E-state index contributed by atoms with van der Waals surface area (Å²) in [5.74, 6) is 2.29. The third-order valence-corrected chi connectivity index (χ3v) is 7.76. The molecule has 2 fully saturated rings. The summed E-state index contributed by atoms with van der Waals surface area (Å²) in [6, 6.07) is 7.97. The van der Waals surface area contributed by atoms with Crippen LogP contribution in [0.3, 0.4) is 0 Å². The zero-order valence-corrected chi connectivity index (χ0v) is 21.8. The molecule has 0 atom stereocenters. The van der Waals surface area contributed by atoms with Crippen molar-refractivity contribution >= 4 is 47.6 Å². The van der Waals surface area contributed by atoms with Crippen molar-refractivity contribution in [2.45, 2.75) is 57.2 Å². The van der Waals surface area contributed by atoms with Crippen molar-refractivity contribution in [1.29, 1.82) is 0 Å². The molecule has 30 heavy (non-hydrogen) atoms. The Bertz CT molecular complexity index is 694. The van der Waals surface area contributed by atoms with Crippen molar-refractivity contribution in [2.75, 3.05) is 39.0 Å². The van der Waals surface area contributed by atoms with E-state index in [1.165, 1.54) is 43.4 Å². The minimum absolute atomic E-state index is 0. The number of hydrogen-bond acceptors (Lipinski definition) is 3. The first-order valence-corrected chi connectivity index (χ1v) is 12.1. The molecule has 1 N–H and O–H groups in total. The van der Waals surface area contributed by atoms with Crippen molar-refractivity contribution in [3.05, 3.63) is 35.4 Å². The van der Waals surface area contributed by atoms with Crippen LogP contribution in [0.25, 0.3) is 0 Å². The minimum atomic E-state index is 0. The van der Waals surface area contributed by atoms with Crippen LogP contribution in [0.4, 0.5) is 0 Å². The lowest BCUT2D eigenvalue weighted by molar-refractivity contribution is 0.0773. The standard InChI is InChI=1S/C23H36N4OS.HI/c1-4-26(5-2)21(28)20-11-9-19(10-12-20)17-25-22(24-3)27-15-16-29-23(18-27)13-7-6-8-14-23;/h9-12H,4-8,13-18H2,1-3H3,(H,24,25);1H. The highest BCUT2D eigenvalue weighted by Gasteiger charge is 2.38. The first-order valence-electron chi connectivity index (χ1n) is 11.1. The summed E-state index contributed by atoms with van der Waals surface area (Å²) in [5.41, 5.74) is 1.93. The fourth-order valence-electron chi connectivity index (χ4n) is 4.50.